The van der Waals surface area contributed by atoms with Crippen molar-refractivity contribution >= 4 is 11.3 Å². The highest BCUT2D eigenvalue weighted by Crippen LogP contribution is 2.11. The second kappa shape index (κ2) is 7.24. The molecule has 4 heteroatoms. The summed E-state index contributed by atoms with van der Waals surface area (Å²) in [5.41, 5.74) is -0.191. The third-order valence-corrected chi connectivity index (χ3v) is 3.40. The van der Waals surface area contributed by atoms with Crippen molar-refractivity contribution in [2.45, 2.75) is 51.9 Å². The third-order valence-electron chi connectivity index (χ3n) is 2.50. The fourth-order valence-electron chi connectivity index (χ4n) is 1.55. The lowest BCUT2D eigenvalue weighted by Crippen LogP contribution is -2.38. The molecule has 0 aliphatic heterocycles. The van der Waals surface area contributed by atoms with Gasteiger partial charge in [-0.15, -0.1) is 11.3 Å². The monoisotopic (exact) mass is 271 g/mol. The predicted octanol–water partition coefficient (Wildman–Crippen LogP) is 2.44. The maximum absolute atomic E-state index is 9.80. The summed E-state index contributed by atoms with van der Waals surface area (Å²) < 4.78 is 5.54. The first kappa shape index (κ1) is 15.6. The molecule has 1 aromatic heterocycles. The van der Waals surface area contributed by atoms with Crippen molar-refractivity contribution in [1.82, 2.24) is 5.32 Å². The van der Waals surface area contributed by atoms with E-state index in [4.69, 9.17) is 4.74 Å². The zero-order valence-corrected chi connectivity index (χ0v) is 12.6. The molecule has 2 unspecified atom stereocenters. The summed E-state index contributed by atoms with van der Waals surface area (Å²) >= 11 is 1.77. The summed E-state index contributed by atoms with van der Waals surface area (Å²) in [5.74, 6) is 0. The van der Waals surface area contributed by atoms with Crippen LogP contribution < -0.4 is 5.32 Å². The average molecular weight is 271 g/mol. The Bertz CT molecular complexity index is 319. The SMILES string of the molecule is CC(Cc1cccs1)NCC(O)COC(C)(C)C. The number of nitrogens with one attached hydrogen (secondary N) is 1. The number of aliphatic hydroxyl groups is 1. The highest BCUT2D eigenvalue weighted by molar-refractivity contribution is 7.09. The van der Waals surface area contributed by atoms with E-state index in [1.165, 1.54) is 4.88 Å². The molecule has 0 amide bonds. The topological polar surface area (TPSA) is 41.5 Å². The second-order valence-electron chi connectivity index (χ2n) is 5.67. The van der Waals surface area contributed by atoms with Crippen LogP contribution in [0.3, 0.4) is 0 Å². The molecule has 0 saturated heterocycles. The van der Waals surface area contributed by atoms with Crippen LogP contribution in [0.5, 0.6) is 0 Å². The van der Waals surface area contributed by atoms with Gasteiger partial charge in [0.2, 0.25) is 0 Å². The molecule has 18 heavy (non-hydrogen) atoms. The van der Waals surface area contributed by atoms with Gasteiger partial charge in [-0.3, -0.25) is 0 Å². The molecule has 1 rings (SSSR count). The Morgan fingerprint density at radius 3 is 2.72 bits per heavy atom. The van der Waals surface area contributed by atoms with Gasteiger partial charge in [0.05, 0.1) is 18.3 Å². The van der Waals surface area contributed by atoms with Gasteiger partial charge in [-0.1, -0.05) is 6.07 Å². The van der Waals surface area contributed by atoms with Gasteiger partial charge in [-0.05, 0) is 45.6 Å². The summed E-state index contributed by atoms with van der Waals surface area (Å²) in [4.78, 5) is 1.37. The Kier molecular flexibility index (Phi) is 6.29. The lowest BCUT2D eigenvalue weighted by molar-refractivity contribution is -0.0482. The van der Waals surface area contributed by atoms with Crippen molar-refractivity contribution in [2.75, 3.05) is 13.2 Å². The molecule has 0 radical (unpaired) electrons. The quantitative estimate of drug-likeness (QED) is 0.800. The standard InChI is InChI=1S/C14H25NO2S/c1-11(8-13-6-5-7-18-13)15-9-12(16)10-17-14(2,3)4/h5-7,11-12,15-16H,8-10H2,1-4H3. The van der Waals surface area contributed by atoms with Crippen LogP contribution in [0.2, 0.25) is 0 Å². The Balaban J connectivity index is 2.15. The third kappa shape index (κ3) is 7.11. The van der Waals surface area contributed by atoms with Gasteiger partial charge >= 0.3 is 0 Å². The summed E-state index contributed by atoms with van der Waals surface area (Å²) in [6.45, 7) is 9.06. The minimum atomic E-state index is -0.449. The first-order valence-electron chi connectivity index (χ1n) is 6.44. The molecular formula is C14H25NO2S. The molecule has 2 N–H and O–H groups in total. The Hall–Kier alpha value is -0.420. The number of ether oxygens (including phenoxy) is 1. The molecule has 2 atom stereocenters. The van der Waals surface area contributed by atoms with Gasteiger partial charge < -0.3 is 15.2 Å². The van der Waals surface area contributed by atoms with E-state index in [1.807, 2.05) is 20.8 Å². The van der Waals surface area contributed by atoms with Crippen LogP contribution in [-0.2, 0) is 11.2 Å². The highest BCUT2D eigenvalue weighted by atomic mass is 32.1. The predicted molar refractivity (Wildman–Crippen MR) is 77.2 cm³/mol. The average Bonchev–Trinajstić information content (AvgIpc) is 2.75. The van der Waals surface area contributed by atoms with E-state index in [9.17, 15) is 5.11 Å². The van der Waals surface area contributed by atoms with E-state index >= 15 is 0 Å². The summed E-state index contributed by atoms with van der Waals surface area (Å²) in [5, 5.41) is 15.2. The molecule has 0 bridgehead atoms. The molecule has 1 heterocycles. The van der Waals surface area contributed by atoms with Gasteiger partial charge in [-0.25, -0.2) is 0 Å². The Morgan fingerprint density at radius 1 is 1.44 bits per heavy atom. The number of hydrogen-bond donors (Lipinski definition) is 2. The van der Waals surface area contributed by atoms with E-state index in [0.717, 1.165) is 6.42 Å². The molecule has 104 valence electrons. The fraction of sp³-hybridized carbons (Fsp3) is 0.714. The lowest BCUT2D eigenvalue weighted by Gasteiger charge is -2.23. The second-order valence-corrected chi connectivity index (χ2v) is 6.70. The molecule has 0 spiro atoms. The zero-order chi connectivity index (χ0) is 13.6. The van der Waals surface area contributed by atoms with E-state index < -0.39 is 6.10 Å². The van der Waals surface area contributed by atoms with E-state index in [2.05, 4.69) is 29.8 Å². The van der Waals surface area contributed by atoms with Crippen LogP contribution >= 0.6 is 11.3 Å². The fourth-order valence-corrected chi connectivity index (χ4v) is 2.38. The molecule has 0 fully saturated rings. The lowest BCUT2D eigenvalue weighted by atomic mass is 10.2. The van der Waals surface area contributed by atoms with Crippen molar-refractivity contribution in [2.24, 2.45) is 0 Å². The molecule has 3 nitrogen and oxygen atoms in total. The van der Waals surface area contributed by atoms with E-state index in [1.54, 1.807) is 11.3 Å². The Labute approximate surface area is 114 Å². The van der Waals surface area contributed by atoms with Crippen LogP contribution in [0.25, 0.3) is 0 Å². The number of aliphatic hydroxyl groups excluding tert-OH is 1. The van der Waals surface area contributed by atoms with Gasteiger partial charge in [0, 0.05) is 17.5 Å². The molecule has 0 aliphatic rings. The minimum Gasteiger partial charge on any atom is -0.389 e. The number of rotatable bonds is 7. The largest absolute Gasteiger partial charge is 0.389 e. The smallest absolute Gasteiger partial charge is 0.0898 e. The van der Waals surface area contributed by atoms with Crippen molar-refractivity contribution in [1.29, 1.82) is 0 Å². The molecule has 1 aromatic rings. The van der Waals surface area contributed by atoms with Crippen molar-refractivity contribution in [3.05, 3.63) is 22.4 Å². The molecule has 0 saturated carbocycles. The van der Waals surface area contributed by atoms with Crippen LogP contribution in [0.15, 0.2) is 17.5 Å². The van der Waals surface area contributed by atoms with Crippen LogP contribution in [0, 0.1) is 0 Å². The van der Waals surface area contributed by atoms with E-state index in [-0.39, 0.29) is 5.60 Å². The van der Waals surface area contributed by atoms with Gasteiger partial charge in [0.15, 0.2) is 0 Å². The van der Waals surface area contributed by atoms with Crippen molar-refractivity contribution in [3.63, 3.8) is 0 Å². The first-order chi connectivity index (χ1) is 8.37. The molecular weight excluding hydrogens is 246 g/mol. The summed E-state index contributed by atoms with van der Waals surface area (Å²) in [7, 11) is 0. The van der Waals surface area contributed by atoms with Crippen LogP contribution in [0.4, 0.5) is 0 Å². The molecule has 0 aliphatic carbocycles. The van der Waals surface area contributed by atoms with Crippen molar-refractivity contribution < 1.29 is 9.84 Å². The van der Waals surface area contributed by atoms with Crippen LogP contribution in [-0.4, -0.2) is 36.0 Å². The number of hydrogen-bond acceptors (Lipinski definition) is 4. The van der Waals surface area contributed by atoms with Gasteiger partial charge in [0.1, 0.15) is 0 Å². The van der Waals surface area contributed by atoms with E-state index in [0.29, 0.717) is 19.2 Å². The maximum atomic E-state index is 9.80. The zero-order valence-electron chi connectivity index (χ0n) is 11.8. The summed E-state index contributed by atoms with van der Waals surface area (Å²) in [6.07, 6.45) is 0.555. The van der Waals surface area contributed by atoms with Crippen LogP contribution in [0.1, 0.15) is 32.6 Å². The first-order valence-corrected chi connectivity index (χ1v) is 7.32. The normalized spacial score (nSPS) is 15.6. The number of thiophene rings is 1. The Morgan fingerprint density at radius 2 is 2.17 bits per heavy atom. The maximum Gasteiger partial charge on any atom is 0.0898 e. The molecule has 0 aromatic carbocycles. The summed E-state index contributed by atoms with van der Waals surface area (Å²) in [6, 6.07) is 4.58. The minimum absolute atomic E-state index is 0.191. The van der Waals surface area contributed by atoms with Gasteiger partial charge in [-0.2, -0.15) is 0 Å². The van der Waals surface area contributed by atoms with Gasteiger partial charge in [0.25, 0.3) is 0 Å². The van der Waals surface area contributed by atoms with Crippen molar-refractivity contribution in [3.8, 4) is 0 Å². The highest BCUT2D eigenvalue weighted by Gasteiger charge is 2.14.